The van der Waals surface area contributed by atoms with Crippen LogP contribution in [-0.4, -0.2) is 58.7 Å². The zero-order valence-corrected chi connectivity index (χ0v) is 18.9. The summed E-state index contributed by atoms with van der Waals surface area (Å²) in [4.78, 5) is 25.1. The molecule has 0 saturated carbocycles. The average molecular weight is 473 g/mol. The highest BCUT2D eigenvalue weighted by atomic mass is 32.2. The van der Waals surface area contributed by atoms with Gasteiger partial charge in [-0.25, -0.2) is 17.9 Å². The van der Waals surface area contributed by atoms with Gasteiger partial charge in [0.15, 0.2) is 0 Å². The van der Waals surface area contributed by atoms with Crippen LogP contribution in [-0.2, 0) is 26.0 Å². The van der Waals surface area contributed by atoms with Crippen molar-refractivity contribution in [1.82, 2.24) is 25.5 Å². The first-order chi connectivity index (χ1) is 15.7. The lowest BCUT2D eigenvalue weighted by molar-refractivity contribution is -0.118. The molecule has 0 saturated heterocycles. The maximum absolute atomic E-state index is 12.9. The topological polar surface area (TPSA) is 145 Å². The van der Waals surface area contributed by atoms with Gasteiger partial charge < -0.3 is 15.4 Å². The Hall–Kier alpha value is -3.80. The Kier molecular flexibility index (Phi) is 7.72. The number of carbonyl (C=O) groups excluding carboxylic acids is 2. The lowest BCUT2D eigenvalue weighted by Crippen LogP contribution is -2.45. The number of ether oxygens (including phenoxy) is 1. The highest BCUT2D eigenvalue weighted by molar-refractivity contribution is 7.90. The van der Waals surface area contributed by atoms with E-state index < -0.39 is 27.9 Å². The van der Waals surface area contributed by atoms with Gasteiger partial charge in [-0.3, -0.25) is 4.79 Å². The summed E-state index contributed by atoms with van der Waals surface area (Å²) in [6.07, 6.45) is 1.59. The number of benzene rings is 2. The van der Waals surface area contributed by atoms with E-state index in [2.05, 4.69) is 26.2 Å². The average Bonchev–Trinajstić information content (AvgIpc) is 3.30. The molecule has 1 unspecified atom stereocenters. The van der Waals surface area contributed by atoms with E-state index in [9.17, 15) is 18.0 Å². The number of anilines is 1. The van der Waals surface area contributed by atoms with Crippen molar-refractivity contribution in [3.63, 3.8) is 0 Å². The molecule has 3 aromatic rings. The van der Waals surface area contributed by atoms with Crippen molar-refractivity contribution in [2.75, 3.05) is 17.3 Å². The van der Waals surface area contributed by atoms with Crippen LogP contribution in [0.25, 0.3) is 5.69 Å². The molecule has 0 fully saturated rings. The summed E-state index contributed by atoms with van der Waals surface area (Å²) in [5, 5.41) is 16.2. The van der Waals surface area contributed by atoms with Crippen molar-refractivity contribution in [1.29, 1.82) is 0 Å². The molecular weight excluding hydrogens is 448 g/mol. The number of aryl methyl sites for hydroxylation is 1. The molecule has 174 valence electrons. The molecular formula is C21H24N6O5S. The molecule has 3 rings (SSSR count). The first-order valence-electron chi connectivity index (χ1n) is 10.0. The minimum Gasteiger partial charge on any atom is -0.445 e. The second-order valence-corrected chi connectivity index (χ2v) is 9.68. The van der Waals surface area contributed by atoms with Gasteiger partial charge in [-0.05, 0) is 53.1 Å². The largest absolute Gasteiger partial charge is 0.445 e. The number of carbonyl (C=O) groups is 2. The number of alkyl carbamates (subject to hydrolysis) is 1. The third-order valence-corrected chi connectivity index (χ3v) is 5.64. The highest BCUT2D eigenvalue weighted by Gasteiger charge is 2.23. The summed E-state index contributed by atoms with van der Waals surface area (Å²) in [6, 6.07) is 13.0. The zero-order valence-electron chi connectivity index (χ0n) is 18.1. The summed E-state index contributed by atoms with van der Waals surface area (Å²) in [5.74, 6) is -0.841. The Balaban J connectivity index is 1.66. The minimum absolute atomic E-state index is 0.0187. The molecule has 11 nitrogen and oxygen atoms in total. The van der Waals surface area contributed by atoms with Crippen molar-refractivity contribution < 1.29 is 22.7 Å². The van der Waals surface area contributed by atoms with Gasteiger partial charge in [0, 0.05) is 11.9 Å². The fraction of sp³-hybridized carbons (Fsp3) is 0.286. The number of nitrogens with one attached hydrogen (secondary N) is 2. The molecule has 0 radical (unpaired) electrons. The molecule has 12 heteroatoms. The van der Waals surface area contributed by atoms with Crippen LogP contribution in [0.5, 0.6) is 0 Å². The Bertz CT molecular complexity index is 1200. The van der Waals surface area contributed by atoms with E-state index in [1.54, 1.807) is 30.3 Å². The summed E-state index contributed by atoms with van der Waals surface area (Å²) in [7, 11) is -3.35. The molecule has 0 aliphatic rings. The fourth-order valence-electron chi connectivity index (χ4n) is 3.00. The fourth-order valence-corrected chi connectivity index (χ4v) is 3.66. The van der Waals surface area contributed by atoms with E-state index in [1.807, 2.05) is 25.1 Å². The third-order valence-electron chi connectivity index (χ3n) is 4.66. The van der Waals surface area contributed by atoms with Crippen LogP contribution in [0.2, 0.25) is 0 Å². The predicted molar refractivity (Wildman–Crippen MR) is 120 cm³/mol. The normalized spacial score (nSPS) is 12.1. The number of nitrogens with zero attached hydrogens (tertiary/aromatic N) is 4. The van der Waals surface area contributed by atoms with Crippen molar-refractivity contribution in [2.45, 2.75) is 26.0 Å². The number of sulfone groups is 1. The predicted octanol–water partition coefficient (Wildman–Crippen LogP) is 1.64. The van der Waals surface area contributed by atoms with E-state index in [4.69, 9.17) is 4.74 Å². The molecule has 0 bridgehead atoms. The summed E-state index contributed by atoms with van der Waals surface area (Å²) in [5.41, 5.74) is 2.78. The van der Waals surface area contributed by atoms with Gasteiger partial charge in [-0.1, -0.05) is 30.3 Å². The minimum atomic E-state index is -3.35. The molecule has 2 N–H and O–H groups in total. The van der Waals surface area contributed by atoms with E-state index in [0.717, 1.165) is 23.1 Å². The lowest BCUT2D eigenvalue weighted by Gasteiger charge is -2.18. The Morgan fingerprint density at radius 1 is 1.15 bits per heavy atom. The smallest absolute Gasteiger partial charge is 0.408 e. The Labute approximate surface area is 191 Å². The van der Waals surface area contributed by atoms with Crippen LogP contribution in [0.1, 0.15) is 17.5 Å². The number of rotatable bonds is 9. The number of hydrogen-bond donors (Lipinski definition) is 2. The number of aromatic nitrogens is 4. The SMILES string of the molecule is Cc1cc(NC(=O)C(CCS(C)(=O)=O)NC(=O)OCc2ccccc2)ccc1-n1cnnn1. The van der Waals surface area contributed by atoms with E-state index in [0.29, 0.717) is 5.69 Å². The lowest BCUT2D eigenvalue weighted by atomic mass is 10.1. The van der Waals surface area contributed by atoms with Crippen molar-refractivity contribution in [3.8, 4) is 5.69 Å². The first-order valence-corrected chi connectivity index (χ1v) is 12.1. The van der Waals surface area contributed by atoms with Gasteiger partial charge in [0.25, 0.3) is 0 Å². The van der Waals surface area contributed by atoms with Gasteiger partial charge in [0.2, 0.25) is 5.91 Å². The van der Waals surface area contributed by atoms with Crippen LogP contribution in [0.15, 0.2) is 54.9 Å². The van der Waals surface area contributed by atoms with Gasteiger partial charge >= 0.3 is 6.09 Å². The Morgan fingerprint density at radius 3 is 2.55 bits per heavy atom. The van der Waals surface area contributed by atoms with Crippen molar-refractivity contribution >= 4 is 27.5 Å². The molecule has 1 heterocycles. The molecule has 2 amide bonds. The molecule has 0 spiro atoms. The second-order valence-electron chi connectivity index (χ2n) is 7.42. The van der Waals surface area contributed by atoms with E-state index in [1.165, 1.54) is 11.0 Å². The van der Waals surface area contributed by atoms with E-state index in [-0.39, 0.29) is 18.8 Å². The maximum Gasteiger partial charge on any atom is 0.408 e. The maximum atomic E-state index is 12.9. The zero-order chi connectivity index (χ0) is 23.8. The highest BCUT2D eigenvalue weighted by Crippen LogP contribution is 2.18. The summed E-state index contributed by atoms with van der Waals surface area (Å²) < 4.78 is 29.9. The second kappa shape index (κ2) is 10.7. The van der Waals surface area contributed by atoms with Gasteiger partial charge in [0.05, 0.1) is 11.4 Å². The molecule has 2 aromatic carbocycles. The standard InChI is InChI=1S/C21H24N6O5S/c1-15-12-17(8-9-19(15)27-14-22-25-26-27)23-20(28)18(10-11-33(2,30)31)24-21(29)32-13-16-6-4-3-5-7-16/h3-9,12,14,18H,10-11,13H2,1-2H3,(H,23,28)(H,24,29). The van der Waals surface area contributed by atoms with Crippen LogP contribution >= 0.6 is 0 Å². The molecule has 1 aromatic heterocycles. The molecule has 1 atom stereocenters. The quantitative estimate of drug-likeness (QED) is 0.478. The van der Waals surface area contributed by atoms with E-state index >= 15 is 0 Å². The summed E-state index contributed by atoms with van der Waals surface area (Å²) in [6.45, 7) is 1.85. The van der Waals surface area contributed by atoms with Crippen LogP contribution in [0.3, 0.4) is 0 Å². The third kappa shape index (κ3) is 7.38. The van der Waals surface area contributed by atoms with Crippen molar-refractivity contribution in [2.24, 2.45) is 0 Å². The van der Waals surface area contributed by atoms with Crippen LogP contribution in [0, 0.1) is 6.92 Å². The number of amides is 2. The Morgan fingerprint density at radius 2 is 1.91 bits per heavy atom. The van der Waals surface area contributed by atoms with Gasteiger partial charge in [-0.15, -0.1) is 5.10 Å². The van der Waals surface area contributed by atoms with Crippen molar-refractivity contribution in [3.05, 3.63) is 66.0 Å². The molecule has 0 aliphatic carbocycles. The monoisotopic (exact) mass is 472 g/mol. The molecule has 0 aliphatic heterocycles. The van der Waals surface area contributed by atoms with Crippen LogP contribution in [0.4, 0.5) is 10.5 Å². The first kappa shape index (κ1) is 23.9. The molecule has 33 heavy (non-hydrogen) atoms. The summed E-state index contributed by atoms with van der Waals surface area (Å²) >= 11 is 0. The number of tetrazole rings is 1. The number of hydrogen-bond acceptors (Lipinski definition) is 8. The van der Waals surface area contributed by atoms with Gasteiger partial charge in [-0.2, -0.15) is 0 Å². The van der Waals surface area contributed by atoms with Gasteiger partial charge in [0.1, 0.15) is 28.8 Å². The van der Waals surface area contributed by atoms with Crippen LogP contribution < -0.4 is 10.6 Å².